The Morgan fingerprint density at radius 1 is 1.18 bits per heavy atom. The van der Waals surface area contributed by atoms with Crippen LogP contribution in [0.25, 0.3) is 0 Å². The molecule has 2 heterocycles. The molecule has 172 valence electrons. The Hall–Kier alpha value is -3.26. The zero-order chi connectivity index (χ0) is 23.4. The number of aromatic amines is 1. The fourth-order valence-electron chi connectivity index (χ4n) is 3.96. The molecule has 0 bridgehead atoms. The SMILES string of the molecule is CCCOc1c(OC)cccc1C1CC(=O)Nc2nc(SCc3cccc(C)c3)[nH]c(=O)c21. The van der Waals surface area contributed by atoms with Gasteiger partial charge in [0, 0.05) is 23.7 Å². The minimum absolute atomic E-state index is 0.128. The Morgan fingerprint density at radius 2 is 2.00 bits per heavy atom. The molecule has 8 heteroatoms. The number of para-hydroxylation sites is 1. The summed E-state index contributed by atoms with van der Waals surface area (Å²) in [7, 11) is 1.57. The first-order valence-corrected chi connectivity index (χ1v) is 11.9. The molecule has 1 atom stereocenters. The molecule has 1 aromatic heterocycles. The Balaban J connectivity index is 1.70. The number of fused-ring (bicyclic) bond motifs is 1. The summed E-state index contributed by atoms with van der Waals surface area (Å²) in [6.07, 6.45) is 0.950. The van der Waals surface area contributed by atoms with E-state index in [-0.39, 0.29) is 17.9 Å². The van der Waals surface area contributed by atoms with Crippen molar-refractivity contribution < 1.29 is 14.3 Å². The number of rotatable bonds is 8. The molecule has 3 aromatic rings. The summed E-state index contributed by atoms with van der Waals surface area (Å²) in [5.74, 6) is 1.42. The normalized spacial score (nSPS) is 15.0. The Kier molecular flexibility index (Phi) is 7.03. The van der Waals surface area contributed by atoms with Crippen LogP contribution in [-0.4, -0.2) is 29.6 Å². The number of aromatic nitrogens is 2. The van der Waals surface area contributed by atoms with Crippen LogP contribution in [0, 0.1) is 6.92 Å². The molecule has 0 saturated carbocycles. The molecule has 7 nitrogen and oxygen atoms in total. The zero-order valence-corrected chi connectivity index (χ0v) is 19.8. The third-order valence-electron chi connectivity index (χ3n) is 5.44. The minimum atomic E-state index is -0.484. The molecule has 0 spiro atoms. The minimum Gasteiger partial charge on any atom is -0.493 e. The fourth-order valence-corrected chi connectivity index (χ4v) is 4.77. The summed E-state index contributed by atoms with van der Waals surface area (Å²) in [6, 6.07) is 13.7. The van der Waals surface area contributed by atoms with E-state index >= 15 is 0 Å². The summed E-state index contributed by atoms with van der Waals surface area (Å²) >= 11 is 1.43. The van der Waals surface area contributed by atoms with Crippen molar-refractivity contribution in [2.75, 3.05) is 19.0 Å². The third kappa shape index (κ3) is 5.06. The molecule has 1 aliphatic rings. The van der Waals surface area contributed by atoms with Gasteiger partial charge in [0.25, 0.3) is 5.56 Å². The van der Waals surface area contributed by atoms with E-state index in [9.17, 15) is 9.59 Å². The first kappa shape index (κ1) is 22.9. The van der Waals surface area contributed by atoms with E-state index in [0.29, 0.717) is 40.4 Å². The van der Waals surface area contributed by atoms with Gasteiger partial charge in [0.05, 0.1) is 19.3 Å². The van der Waals surface area contributed by atoms with Crippen molar-refractivity contribution in [2.24, 2.45) is 0 Å². The second kappa shape index (κ2) is 10.1. The van der Waals surface area contributed by atoms with Gasteiger partial charge in [0.1, 0.15) is 5.82 Å². The molecule has 1 aliphatic heterocycles. The number of hydrogen-bond acceptors (Lipinski definition) is 6. The van der Waals surface area contributed by atoms with Crippen LogP contribution in [0.1, 0.15) is 47.9 Å². The molecule has 1 unspecified atom stereocenters. The topological polar surface area (TPSA) is 93.3 Å². The molecule has 0 fully saturated rings. The molecule has 2 N–H and O–H groups in total. The highest BCUT2D eigenvalue weighted by atomic mass is 32.2. The number of nitrogens with zero attached hydrogens (tertiary/aromatic N) is 1. The summed E-state index contributed by atoms with van der Waals surface area (Å²) in [5, 5.41) is 3.25. The van der Waals surface area contributed by atoms with Crippen molar-refractivity contribution in [3.8, 4) is 11.5 Å². The van der Waals surface area contributed by atoms with Gasteiger partial charge in [-0.05, 0) is 25.0 Å². The number of benzene rings is 2. The third-order valence-corrected chi connectivity index (χ3v) is 6.39. The van der Waals surface area contributed by atoms with Crippen molar-refractivity contribution in [1.29, 1.82) is 0 Å². The van der Waals surface area contributed by atoms with Crippen LogP contribution >= 0.6 is 11.8 Å². The lowest BCUT2D eigenvalue weighted by Gasteiger charge is -2.26. The van der Waals surface area contributed by atoms with Gasteiger partial charge in [-0.25, -0.2) is 4.98 Å². The van der Waals surface area contributed by atoms with E-state index in [1.807, 2.05) is 50.2 Å². The van der Waals surface area contributed by atoms with E-state index in [0.717, 1.165) is 17.5 Å². The van der Waals surface area contributed by atoms with Crippen LogP contribution in [-0.2, 0) is 10.5 Å². The number of carbonyl (C=O) groups excluding carboxylic acids is 1. The van der Waals surface area contributed by atoms with E-state index in [2.05, 4.69) is 21.4 Å². The fraction of sp³-hybridized carbons (Fsp3) is 0.320. The van der Waals surface area contributed by atoms with Crippen LogP contribution < -0.4 is 20.3 Å². The quantitative estimate of drug-likeness (QED) is 0.372. The highest BCUT2D eigenvalue weighted by Crippen LogP contribution is 2.42. The van der Waals surface area contributed by atoms with E-state index < -0.39 is 5.92 Å². The number of amides is 1. The number of nitrogens with one attached hydrogen (secondary N) is 2. The molecule has 0 aliphatic carbocycles. The van der Waals surface area contributed by atoms with Crippen LogP contribution in [0.3, 0.4) is 0 Å². The Labute approximate surface area is 196 Å². The summed E-state index contributed by atoms with van der Waals surface area (Å²) in [4.78, 5) is 33.2. The van der Waals surface area contributed by atoms with Gasteiger partial charge in [-0.3, -0.25) is 9.59 Å². The first-order chi connectivity index (χ1) is 16.0. The van der Waals surface area contributed by atoms with E-state index in [4.69, 9.17) is 9.47 Å². The molecular weight excluding hydrogens is 438 g/mol. The van der Waals surface area contributed by atoms with Gasteiger partial charge in [-0.2, -0.15) is 0 Å². The maximum absolute atomic E-state index is 13.2. The zero-order valence-electron chi connectivity index (χ0n) is 18.9. The van der Waals surface area contributed by atoms with Crippen LogP contribution in [0.5, 0.6) is 11.5 Å². The maximum atomic E-state index is 13.2. The summed E-state index contributed by atoms with van der Waals surface area (Å²) < 4.78 is 11.5. The number of hydrogen-bond donors (Lipinski definition) is 2. The van der Waals surface area contributed by atoms with Gasteiger partial charge in [0.2, 0.25) is 5.91 Å². The highest BCUT2D eigenvalue weighted by molar-refractivity contribution is 7.98. The van der Waals surface area contributed by atoms with Gasteiger partial charge in [-0.15, -0.1) is 0 Å². The van der Waals surface area contributed by atoms with Crippen molar-refractivity contribution in [1.82, 2.24) is 9.97 Å². The Morgan fingerprint density at radius 3 is 2.76 bits per heavy atom. The number of aryl methyl sites for hydroxylation is 1. The smallest absolute Gasteiger partial charge is 0.257 e. The van der Waals surface area contributed by atoms with Crippen LogP contribution in [0.15, 0.2) is 52.4 Å². The highest BCUT2D eigenvalue weighted by Gasteiger charge is 2.33. The number of anilines is 1. The average molecular weight is 466 g/mol. The Bertz CT molecular complexity index is 1220. The van der Waals surface area contributed by atoms with Gasteiger partial charge in [-0.1, -0.05) is 60.6 Å². The molecule has 4 rings (SSSR count). The van der Waals surface area contributed by atoms with E-state index in [1.165, 1.54) is 17.3 Å². The second-order valence-electron chi connectivity index (χ2n) is 7.94. The van der Waals surface area contributed by atoms with Crippen molar-refractivity contribution in [3.05, 3.63) is 75.1 Å². The number of carbonyl (C=O) groups is 1. The maximum Gasteiger partial charge on any atom is 0.257 e. The van der Waals surface area contributed by atoms with Gasteiger partial charge in [0.15, 0.2) is 16.7 Å². The lowest BCUT2D eigenvalue weighted by atomic mass is 9.86. The largest absolute Gasteiger partial charge is 0.493 e. The lowest BCUT2D eigenvalue weighted by molar-refractivity contribution is -0.116. The number of ether oxygens (including phenoxy) is 2. The molecule has 0 radical (unpaired) electrons. The van der Waals surface area contributed by atoms with E-state index in [1.54, 1.807) is 7.11 Å². The second-order valence-corrected chi connectivity index (χ2v) is 8.91. The number of thioether (sulfide) groups is 1. The lowest BCUT2D eigenvalue weighted by Crippen LogP contribution is -2.31. The number of methoxy groups -OCH3 is 1. The summed E-state index contributed by atoms with van der Waals surface area (Å²) in [6.45, 7) is 4.56. The predicted molar refractivity (Wildman–Crippen MR) is 129 cm³/mol. The molecule has 33 heavy (non-hydrogen) atoms. The van der Waals surface area contributed by atoms with Gasteiger partial charge < -0.3 is 19.8 Å². The molecule has 0 saturated heterocycles. The first-order valence-electron chi connectivity index (χ1n) is 10.9. The van der Waals surface area contributed by atoms with Crippen LogP contribution in [0.2, 0.25) is 0 Å². The molecule has 1 amide bonds. The standard InChI is InChI=1S/C25H27N3O4S/c1-4-11-32-22-17(9-6-10-19(22)31-3)18-13-20(29)26-23-21(18)24(30)28-25(27-23)33-14-16-8-5-7-15(2)12-16/h5-10,12,18H,4,11,13-14H2,1-3H3,(H2,26,27,28,29,30). The van der Waals surface area contributed by atoms with Crippen molar-refractivity contribution >= 4 is 23.5 Å². The monoisotopic (exact) mass is 465 g/mol. The summed E-state index contributed by atoms with van der Waals surface area (Å²) in [5.41, 5.74) is 3.22. The van der Waals surface area contributed by atoms with Gasteiger partial charge >= 0.3 is 0 Å². The predicted octanol–water partition coefficient (Wildman–Crippen LogP) is 4.64. The molecule has 2 aromatic carbocycles. The van der Waals surface area contributed by atoms with Crippen molar-refractivity contribution in [3.63, 3.8) is 0 Å². The van der Waals surface area contributed by atoms with Crippen LogP contribution in [0.4, 0.5) is 5.82 Å². The van der Waals surface area contributed by atoms with Crippen molar-refractivity contribution in [2.45, 2.75) is 43.5 Å². The number of H-pyrrole nitrogens is 1. The molecular formula is C25H27N3O4S. The average Bonchev–Trinajstić information content (AvgIpc) is 2.80.